The fourth-order valence-electron chi connectivity index (χ4n) is 0.931. The predicted octanol–water partition coefficient (Wildman–Crippen LogP) is 3.65. The highest BCUT2D eigenvalue weighted by Crippen LogP contribution is 2.05. The van der Waals surface area contributed by atoms with Gasteiger partial charge in [-0.3, -0.25) is 4.79 Å². The fraction of sp³-hybridized carbons (Fsp3) is 0.900. The quantitative estimate of drug-likeness (QED) is 0.467. The van der Waals surface area contributed by atoms with E-state index in [1.54, 1.807) is 0 Å². The summed E-state index contributed by atoms with van der Waals surface area (Å²) < 4.78 is 0. The van der Waals surface area contributed by atoms with E-state index in [0.29, 0.717) is 0 Å². The van der Waals surface area contributed by atoms with Crippen molar-refractivity contribution in [1.29, 1.82) is 0 Å². The summed E-state index contributed by atoms with van der Waals surface area (Å²) in [4.78, 5) is 9.31. The lowest BCUT2D eigenvalue weighted by Crippen LogP contribution is -1.81. The Morgan fingerprint density at radius 1 is 0.857 bits per heavy atom. The van der Waals surface area contributed by atoms with Crippen LogP contribution in [0.3, 0.4) is 0 Å². The van der Waals surface area contributed by atoms with E-state index in [4.69, 9.17) is 0 Å². The molecule has 0 amide bonds. The van der Waals surface area contributed by atoms with Crippen molar-refractivity contribution in [1.82, 2.24) is 0 Å². The summed E-state index contributed by atoms with van der Waals surface area (Å²) in [5.41, 5.74) is 0. The van der Waals surface area contributed by atoms with Gasteiger partial charge in [-0.15, -0.1) is 12.6 Å². The molecule has 1 nitrogen and oxygen atoms in total. The van der Waals surface area contributed by atoms with E-state index >= 15 is 0 Å². The van der Waals surface area contributed by atoms with Gasteiger partial charge in [0.15, 0.2) is 5.12 Å². The van der Waals surface area contributed by atoms with E-state index in [1.165, 1.54) is 45.4 Å². The molecule has 0 N–H and O–H groups in total. The molecule has 0 aromatic rings. The summed E-state index contributed by atoms with van der Waals surface area (Å²) in [5, 5.41) is -0.139. The van der Waals surface area contributed by atoms with Crippen molar-refractivity contribution in [2.45, 2.75) is 45.4 Å². The third-order valence-corrected chi connectivity index (χ3v) is 2.20. The van der Waals surface area contributed by atoms with E-state index in [0.717, 1.165) is 11.5 Å². The van der Waals surface area contributed by atoms with Gasteiger partial charge in [-0.25, -0.2) is 0 Å². The van der Waals surface area contributed by atoms with Crippen LogP contribution in [0.1, 0.15) is 45.4 Å². The zero-order valence-electron chi connectivity index (χ0n) is 8.91. The smallest absolute Gasteiger partial charge is 0.182 e. The summed E-state index contributed by atoms with van der Waals surface area (Å²) >= 11 is 11.6. The van der Waals surface area contributed by atoms with Gasteiger partial charge in [0, 0.05) is 6.92 Å². The van der Waals surface area contributed by atoms with Gasteiger partial charge in [-0.2, -0.15) is 25.3 Å². The van der Waals surface area contributed by atoms with Gasteiger partial charge in [-0.1, -0.05) is 25.7 Å². The SMILES string of the molecule is CC(=O)S.SCCCCCCCCS. The number of carbonyl (C=O) groups excluding carboxylic acids is 1. The predicted molar refractivity (Wildman–Crippen MR) is 75.1 cm³/mol. The molecule has 0 aromatic carbocycles. The summed E-state index contributed by atoms with van der Waals surface area (Å²) in [5.74, 6) is 2.10. The average Bonchev–Trinajstić information content (AvgIpc) is 2.10. The van der Waals surface area contributed by atoms with Gasteiger partial charge in [-0.05, 0) is 24.3 Å². The lowest BCUT2D eigenvalue weighted by atomic mass is 10.1. The average molecular weight is 254 g/mol. The monoisotopic (exact) mass is 254 g/mol. The van der Waals surface area contributed by atoms with E-state index in [1.807, 2.05) is 0 Å². The van der Waals surface area contributed by atoms with Crippen molar-refractivity contribution in [2.75, 3.05) is 11.5 Å². The summed E-state index contributed by atoms with van der Waals surface area (Å²) in [7, 11) is 0. The van der Waals surface area contributed by atoms with Crippen LogP contribution in [0.5, 0.6) is 0 Å². The Morgan fingerprint density at radius 2 is 1.07 bits per heavy atom. The van der Waals surface area contributed by atoms with Gasteiger partial charge in [0.2, 0.25) is 0 Å². The second kappa shape index (κ2) is 16.2. The molecular weight excluding hydrogens is 232 g/mol. The van der Waals surface area contributed by atoms with Crippen LogP contribution >= 0.6 is 37.9 Å². The van der Waals surface area contributed by atoms with Crippen LogP contribution in [0.2, 0.25) is 0 Å². The highest BCUT2D eigenvalue weighted by Gasteiger charge is 1.88. The number of hydrogen-bond donors (Lipinski definition) is 3. The van der Waals surface area contributed by atoms with Crippen LogP contribution in [-0.4, -0.2) is 16.6 Å². The second-order valence-electron chi connectivity index (χ2n) is 3.09. The number of thiol groups is 3. The topological polar surface area (TPSA) is 17.1 Å². The lowest BCUT2D eigenvalue weighted by Gasteiger charge is -1.97. The van der Waals surface area contributed by atoms with Crippen molar-refractivity contribution in [3.8, 4) is 0 Å². The molecular formula is C10H22OS3. The molecule has 0 aliphatic heterocycles. The zero-order valence-corrected chi connectivity index (χ0v) is 11.6. The first kappa shape index (κ1) is 17.1. The molecule has 0 atom stereocenters. The number of rotatable bonds is 7. The first-order valence-corrected chi connectivity index (χ1v) is 6.77. The van der Waals surface area contributed by atoms with E-state index in [9.17, 15) is 4.79 Å². The van der Waals surface area contributed by atoms with Crippen LogP contribution in [0, 0.1) is 0 Å². The van der Waals surface area contributed by atoms with Gasteiger partial charge in [0.1, 0.15) is 0 Å². The molecule has 0 unspecified atom stereocenters. The molecule has 0 aliphatic carbocycles. The van der Waals surface area contributed by atoms with Crippen LogP contribution in [-0.2, 0) is 4.79 Å². The molecule has 0 heterocycles. The zero-order chi connectivity index (χ0) is 11.2. The molecule has 0 aliphatic rings. The molecule has 4 heteroatoms. The second-order valence-corrected chi connectivity index (χ2v) is 4.61. The maximum atomic E-state index is 9.31. The van der Waals surface area contributed by atoms with E-state index < -0.39 is 0 Å². The molecule has 0 bridgehead atoms. The Labute approximate surface area is 105 Å². The Morgan fingerprint density at radius 3 is 1.29 bits per heavy atom. The lowest BCUT2D eigenvalue weighted by molar-refractivity contribution is -0.108. The van der Waals surface area contributed by atoms with Crippen molar-refractivity contribution in [3.05, 3.63) is 0 Å². The first-order valence-electron chi connectivity index (χ1n) is 5.06. The fourth-order valence-corrected chi connectivity index (χ4v) is 1.38. The number of hydrogen-bond acceptors (Lipinski definition) is 3. The normalized spacial score (nSPS) is 9.14. The first-order chi connectivity index (χ1) is 6.65. The van der Waals surface area contributed by atoms with Crippen molar-refractivity contribution in [2.24, 2.45) is 0 Å². The van der Waals surface area contributed by atoms with Crippen LogP contribution < -0.4 is 0 Å². The number of unbranched alkanes of at least 4 members (excludes halogenated alkanes) is 5. The van der Waals surface area contributed by atoms with Gasteiger partial charge >= 0.3 is 0 Å². The third kappa shape index (κ3) is 29.3. The van der Waals surface area contributed by atoms with Gasteiger partial charge in [0.25, 0.3) is 0 Å². The van der Waals surface area contributed by atoms with Crippen LogP contribution in [0.15, 0.2) is 0 Å². The summed E-state index contributed by atoms with van der Waals surface area (Å²) in [6.45, 7) is 1.39. The van der Waals surface area contributed by atoms with Crippen molar-refractivity contribution >= 4 is 43.0 Å². The maximum Gasteiger partial charge on any atom is 0.182 e. The Hall–Kier alpha value is 0.720. The van der Waals surface area contributed by atoms with E-state index in [-0.39, 0.29) is 5.12 Å². The molecule has 0 saturated heterocycles. The van der Waals surface area contributed by atoms with E-state index in [2.05, 4.69) is 37.9 Å². The molecule has 0 saturated carbocycles. The van der Waals surface area contributed by atoms with Crippen molar-refractivity contribution < 1.29 is 4.79 Å². The van der Waals surface area contributed by atoms with Gasteiger partial charge in [0.05, 0.1) is 0 Å². The maximum absolute atomic E-state index is 9.31. The Balaban J connectivity index is 0. The van der Waals surface area contributed by atoms with Gasteiger partial charge < -0.3 is 0 Å². The van der Waals surface area contributed by atoms with Crippen LogP contribution in [0.25, 0.3) is 0 Å². The standard InChI is InChI=1S/C8H18S2.C2H4OS/c9-7-5-3-1-2-4-6-8-10;1-2(3)4/h9-10H,1-8H2;1H3,(H,3,4). The summed E-state index contributed by atoms with van der Waals surface area (Å²) in [6, 6.07) is 0. The largest absolute Gasteiger partial charge is 0.288 e. The third-order valence-electron chi connectivity index (χ3n) is 1.57. The minimum atomic E-state index is -0.139. The molecule has 0 aromatic heterocycles. The molecule has 0 spiro atoms. The minimum absolute atomic E-state index is 0.139. The van der Waals surface area contributed by atoms with Crippen LogP contribution in [0.4, 0.5) is 0 Å². The number of carbonyl (C=O) groups is 1. The Kier molecular flexibility index (Phi) is 19.8. The highest BCUT2D eigenvalue weighted by molar-refractivity contribution is 7.96. The highest BCUT2D eigenvalue weighted by atomic mass is 32.1. The molecule has 0 fully saturated rings. The Bertz CT molecular complexity index is 106. The summed E-state index contributed by atoms with van der Waals surface area (Å²) in [6.07, 6.45) is 8.04. The van der Waals surface area contributed by atoms with Crippen molar-refractivity contribution in [3.63, 3.8) is 0 Å². The minimum Gasteiger partial charge on any atom is -0.288 e. The molecule has 0 rings (SSSR count). The molecule has 14 heavy (non-hydrogen) atoms. The molecule has 86 valence electrons. The molecule has 0 radical (unpaired) electrons.